The van der Waals surface area contributed by atoms with Crippen molar-refractivity contribution in [3.63, 3.8) is 0 Å². The van der Waals surface area contributed by atoms with Crippen LogP contribution in [0.5, 0.6) is 5.75 Å². The molecule has 0 spiro atoms. The molecule has 2 rings (SSSR count). The number of hydrogen-bond donors (Lipinski definition) is 2. The number of hydrogen-bond acceptors (Lipinski definition) is 3. The lowest BCUT2D eigenvalue weighted by molar-refractivity contribution is -0.117. The molecule has 1 atom stereocenters. The van der Waals surface area contributed by atoms with Gasteiger partial charge in [-0.2, -0.15) is 0 Å². The molecule has 0 saturated heterocycles. The molecule has 1 unspecified atom stereocenters. The van der Waals surface area contributed by atoms with E-state index in [1.54, 1.807) is 18.2 Å². The van der Waals surface area contributed by atoms with Crippen molar-refractivity contribution < 1.29 is 18.7 Å². The molecule has 7 heteroatoms. The fraction of sp³-hybridized carbons (Fsp3) is 0.176. The number of rotatable bonds is 5. The van der Waals surface area contributed by atoms with E-state index in [4.69, 9.17) is 16.3 Å². The average Bonchev–Trinajstić information content (AvgIpc) is 2.55. The van der Waals surface area contributed by atoms with E-state index >= 15 is 0 Å². The van der Waals surface area contributed by atoms with Crippen LogP contribution in [-0.2, 0) is 4.79 Å². The van der Waals surface area contributed by atoms with E-state index < -0.39 is 23.7 Å². The summed E-state index contributed by atoms with van der Waals surface area (Å²) in [5.74, 6) is -1.38. The van der Waals surface area contributed by atoms with Gasteiger partial charge in [-0.1, -0.05) is 23.7 Å². The lowest BCUT2D eigenvalue weighted by Gasteiger charge is -2.16. The van der Waals surface area contributed by atoms with E-state index in [1.165, 1.54) is 38.3 Å². The third kappa shape index (κ3) is 4.23. The van der Waals surface area contributed by atoms with Crippen LogP contribution in [0.1, 0.15) is 17.3 Å². The second-order valence-electron chi connectivity index (χ2n) is 5.01. The number of carbonyl (C=O) groups excluding carboxylic acids is 2. The predicted molar refractivity (Wildman–Crippen MR) is 90.0 cm³/mol. The summed E-state index contributed by atoms with van der Waals surface area (Å²) in [5, 5.41) is 5.49. The Bertz CT molecular complexity index is 767. The van der Waals surface area contributed by atoms with Crippen LogP contribution in [0.2, 0.25) is 5.02 Å². The first-order valence-corrected chi connectivity index (χ1v) is 7.50. The molecule has 0 aromatic heterocycles. The molecule has 24 heavy (non-hydrogen) atoms. The molecule has 0 radical (unpaired) electrons. The van der Waals surface area contributed by atoms with E-state index in [1.807, 2.05) is 0 Å². The highest BCUT2D eigenvalue weighted by Crippen LogP contribution is 2.27. The Morgan fingerprint density at radius 2 is 1.92 bits per heavy atom. The van der Waals surface area contributed by atoms with Gasteiger partial charge in [0.05, 0.1) is 18.4 Å². The molecule has 2 amide bonds. The summed E-state index contributed by atoms with van der Waals surface area (Å²) in [6, 6.07) is 9.42. The second kappa shape index (κ2) is 7.79. The summed E-state index contributed by atoms with van der Waals surface area (Å²) in [6.45, 7) is 1.49. The summed E-state index contributed by atoms with van der Waals surface area (Å²) in [4.78, 5) is 24.3. The van der Waals surface area contributed by atoms with Gasteiger partial charge in [0.15, 0.2) is 0 Å². The predicted octanol–water partition coefficient (Wildman–Crippen LogP) is 3.24. The smallest absolute Gasteiger partial charge is 0.254 e. The molecule has 126 valence electrons. The largest absolute Gasteiger partial charge is 0.495 e. The van der Waals surface area contributed by atoms with Gasteiger partial charge in [0.25, 0.3) is 5.91 Å². The normalized spacial score (nSPS) is 11.5. The van der Waals surface area contributed by atoms with Crippen LogP contribution in [0.3, 0.4) is 0 Å². The molecular weight excluding hydrogens is 335 g/mol. The van der Waals surface area contributed by atoms with Gasteiger partial charge in [0, 0.05) is 5.02 Å². The number of benzene rings is 2. The fourth-order valence-electron chi connectivity index (χ4n) is 2.00. The van der Waals surface area contributed by atoms with Gasteiger partial charge in [-0.3, -0.25) is 9.59 Å². The van der Waals surface area contributed by atoms with Crippen molar-refractivity contribution in [3.05, 3.63) is 58.9 Å². The van der Waals surface area contributed by atoms with Crippen molar-refractivity contribution in [2.45, 2.75) is 13.0 Å². The molecule has 5 nitrogen and oxygen atoms in total. The van der Waals surface area contributed by atoms with Crippen molar-refractivity contribution in [3.8, 4) is 5.75 Å². The first kappa shape index (κ1) is 17.7. The molecule has 0 heterocycles. The van der Waals surface area contributed by atoms with Gasteiger partial charge in [0.1, 0.15) is 17.6 Å². The van der Waals surface area contributed by atoms with Crippen LogP contribution in [0.4, 0.5) is 10.1 Å². The molecule has 0 aliphatic heterocycles. The fourth-order valence-corrected chi connectivity index (χ4v) is 2.18. The molecule has 0 bridgehead atoms. The summed E-state index contributed by atoms with van der Waals surface area (Å²) < 4.78 is 18.7. The molecule has 0 saturated carbocycles. The van der Waals surface area contributed by atoms with Crippen LogP contribution < -0.4 is 15.4 Å². The van der Waals surface area contributed by atoms with Crippen molar-refractivity contribution in [1.82, 2.24) is 5.32 Å². The highest BCUT2D eigenvalue weighted by Gasteiger charge is 2.19. The zero-order valence-corrected chi connectivity index (χ0v) is 13.9. The van der Waals surface area contributed by atoms with Crippen LogP contribution in [0.25, 0.3) is 0 Å². The van der Waals surface area contributed by atoms with Crippen LogP contribution in [-0.4, -0.2) is 25.0 Å². The Labute approximate surface area is 143 Å². The zero-order valence-electron chi connectivity index (χ0n) is 13.1. The summed E-state index contributed by atoms with van der Waals surface area (Å²) in [6.07, 6.45) is 0. The van der Waals surface area contributed by atoms with Gasteiger partial charge in [-0.05, 0) is 37.3 Å². The van der Waals surface area contributed by atoms with Crippen molar-refractivity contribution in [1.29, 1.82) is 0 Å². The lowest BCUT2D eigenvalue weighted by Crippen LogP contribution is -2.41. The quantitative estimate of drug-likeness (QED) is 0.869. The molecule has 2 N–H and O–H groups in total. The maximum absolute atomic E-state index is 13.6. The number of ether oxygens (including phenoxy) is 1. The minimum absolute atomic E-state index is 0.127. The molecule has 2 aromatic carbocycles. The van der Waals surface area contributed by atoms with E-state index in [2.05, 4.69) is 10.6 Å². The molecule has 2 aromatic rings. The number of anilines is 1. The highest BCUT2D eigenvalue weighted by molar-refractivity contribution is 6.31. The zero-order chi connectivity index (χ0) is 17.7. The third-order valence-corrected chi connectivity index (χ3v) is 3.51. The number of amides is 2. The Kier molecular flexibility index (Phi) is 5.76. The molecule has 0 aliphatic carbocycles. The molecule has 0 fully saturated rings. The Morgan fingerprint density at radius 3 is 2.58 bits per heavy atom. The summed E-state index contributed by atoms with van der Waals surface area (Å²) in [7, 11) is 1.46. The highest BCUT2D eigenvalue weighted by atomic mass is 35.5. The number of nitrogens with one attached hydrogen (secondary N) is 2. The summed E-state index contributed by atoms with van der Waals surface area (Å²) in [5.41, 5.74) is 0.250. The molecular formula is C17H16ClFN2O3. The van der Waals surface area contributed by atoms with E-state index in [0.29, 0.717) is 16.5 Å². The standard InChI is InChI=1S/C17H16ClFN2O3/c1-10(20-17(23)12-5-3-4-6-13(12)19)16(22)21-14-9-11(18)7-8-15(14)24-2/h3-10H,1-2H3,(H,20,23)(H,21,22). The van der Waals surface area contributed by atoms with Crippen LogP contribution in [0, 0.1) is 5.82 Å². The minimum atomic E-state index is -0.888. The van der Waals surface area contributed by atoms with Crippen molar-refractivity contribution in [2.24, 2.45) is 0 Å². The number of halogens is 2. The van der Waals surface area contributed by atoms with Gasteiger partial charge >= 0.3 is 0 Å². The van der Waals surface area contributed by atoms with Crippen molar-refractivity contribution in [2.75, 3.05) is 12.4 Å². The lowest BCUT2D eigenvalue weighted by atomic mass is 10.2. The van der Waals surface area contributed by atoms with Gasteiger partial charge in [0.2, 0.25) is 5.91 Å². The van der Waals surface area contributed by atoms with Crippen LogP contribution >= 0.6 is 11.6 Å². The monoisotopic (exact) mass is 350 g/mol. The topological polar surface area (TPSA) is 67.4 Å². The number of carbonyl (C=O) groups is 2. The average molecular weight is 351 g/mol. The van der Waals surface area contributed by atoms with E-state index in [9.17, 15) is 14.0 Å². The van der Waals surface area contributed by atoms with E-state index in [-0.39, 0.29) is 5.56 Å². The SMILES string of the molecule is COc1ccc(Cl)cc1NC(=O)C(C)NC(=O)c1ccccc1F. The minimum Gasteiger partial charge on any atom is -0.495 e. The van der Waals surface area contributed by atoms with Crippen molar-refractivity contribution >= 4 is 29.1 Å². The van der Waals surface area contributed by atoms with Gasteiger partial charge in [-0.15, -0.1) is 0 Å². The summed E-state index contributed by atoms with van der Waals surface area (Å²) >= 11 is 5.90. The van der Waals surface area contributed by atoms with Gasteiger partial charge < -0.3 is 15.4 Å². The number of methoxy groups -OCH3 is 1. The maximum Gasteiger partial charge on any atom is 0.254 e. The van der Waals surface area contributed by atoms with Gasteiger partial charge in [-0.25, -0.2) is 4.39 Å². The third-order valence-electron chi connectivity index (χ3n) is 3.28. The Balaban J connectivity index is 2.06. The van der Waals surface area contributed by atoms with E-state index in [0.717, 1.165) is 0 Å². The first-order chi connectivity index (χ1) is 11.4. The first-order valence-electron chi connectivity index (χ1n) is 7.12. The maximum atomic E-state index is 13.6. The van der Waals surface area contributed by atoms with Crippen LogP contribution in [0.15, 0.2) is 42.5 Å². The Morgan fingerprint density at radius 1 is 1.21 bits per heavy atom. The second-order valence-corrected chi connectivity index (χ2v) is 5.45. The Hall–Kier alpha value is -2.60. The molecule has 0 aliphatic rings.